The number of alkyl carbamates (subject to hydrolysis) is 1. The number of nitrogens with one attached hydrogen (secondary N) is 2. The van der Waals surface area contributed by atoms with E-state index in [9.17, 15) is 4.79 Å². The van der Waals surface area contributed by atoms with Gasteiger partial charge in [0.2, 0.25) is 0 Å². The fourth-order valence-electron chi connectivity index (χ4n) is 2.79. The smallest absolute Gasteiger partial charge is 0.407 e. The fraction of sp³-hybridized carbons (Fsp3) is 0.923. The summed E-state index contributed by atoms with van der Waals surface area (Å²) >= 11 is 0. The van der Waals surface area contributed by atoms with Gasteiger partial charge in [-0.15, -0.1) is 0 Å². The molecule has 3 atom stereocenters. The zero-order chi connectivity index (χ0) is 12.5. The highest BCUT2D eigenvalue weighted by molar-refractivity contribution is 5.67. The molecule has 0 spiro atoms. The molecule has 4 nitrogen and oxygen atoms in total. The number of carbonyl (C=O) groups is 1. The average molecular weight is 240 g/mol. The molecule has 3 unspecified atom stereocenters. The first kappa shape index (κ1) is 12.7. The molecule has 2 N–H and O–H groups in total. The Balaban J connectivity index is 1.72. The lowest BCUT2D eigenvalue weighted by Gasteiger charge is -2.46. The van der Waals surface area contributed by atoms with Gasteiger partial charge in [-0.25, -0.2) is 4.79 Å². The van der Waals surface area contributed by atoms with Gasteiger partial charge in [0.1, 0.15) is 5.60 Å². The van der Waals surface area contributed by atoms with Crippen LogP contribution in [0.5, 0.6) is 0 Å². The van der Waals surface area contributed by atoms with Crippen LogP contribution in [0.2, 0.25) is 0 Å². The summed E-state index contributed by atoms with van der Waals surface area (Å²) in [4.78, 5) is 11.6. The Hall–Kier alpha value is -0.770. The summed E-state index contributed by atoms with van der Waals surface area (Å²) < 4.78 is 5.24. The van der Waals surface area contributed by atoms with Crippen LogP contribution >= 0.6 is 0 Å². The first-order valence-electron chi connectivity index (χ1n) is 6.66. The lowest BCUT2D eigenvalue weighted by Crippen LogP contribution is -2.54. The second-order valence-corrected chi connectivity index (χ2v) is 6.23. The highest BCUT2D eigenvalue weighted by atomic mass is 16.6. The van der Waals surface area contributed by atoms with Gasteiger partial charge in [0.15, 0.2) is 0 Å². The van der Waals surface area contributed by atoms with Crippen molar-refractivity contribution in [1.82, 2.24) is 10.6 Å². The van der Waals surface area contributed by atoms with Gasteiger partial charge in [0, 0.05) is 12.6 Å². The second kappa shape index (κ2) is 4.84. The molecule has 0 aromatic rings. The van der Waals surface area contributed by atoms with Gasteiger partial charge in [-0.3, -0.25) is 0 Å². The van der Waals surface area contributed by atoms with Gasteiger partial charge in [0.05, 0.1) is 0 Å². The summed E-state index contributed by atoms with van der Waals surface area (Å²) in [5.74, 6) is 1.39. The third kappa shape index (κ3) is 3.35. The van der Waals surface area contributed by atoms with Crippen molar-refractivity contribution in [3.05, 3.63) is 0 Å². The molecule has 98 valence electrons. The molecule has 0 aromatic carbocycles. The zero-order valence-corrected chi connectivity index (χ0v) is 11.1. The Bertz CT molecular complexity index is 286. The highest BCUT2D eigenvalue weighted by Crippen LogP contribution is 2.37. The first-order valence-corrected chi connectivity index (χ1v) is 6.66. The summed E-state index contributed by atoms with van der Waals surface area (Å²) in [7, 11) is 0. The molecular formula is C13H24N2O2. The standard InChI is InChI=1S/C13H24N2O2/c1-13(2,3)17-12(16)15-8-9-6-7-14-11-5-4-10(9)11/h9-11,14H,4-8H2,1-3H3,(H,15,16). The molecule has 1 aliphatic carbocycles. The van der Waals surface area contributed by atoms with E-state index >= 15 is 0 Å². The Morgan fingerprint density at radius 2 is 2.12 bits per heavy atom. The minimum absolute atomic E-state index is 0.285. The zero-order valence-electron chi connectivity index (χ0n) is 11.1. The number of carbonyl (C=O) groups excluding carboxylic acids is 1. The van der Waals surface area contributed by atoms with Crippen molar-refractivity contribution in [3.63, 3.8) is 0 Å². The Kier molecular flexibility index (Phi) is 3.61. The van der Waals surface area contributed by atoms with Gasteiger partial charge >= 0.3 is 6.09 Å². The van der Waals surface area contributed by atoms with Crippen molar-refractivity contribution in [2.45, 2.75) is 51.7 Å². The van der Waals surface area contributed by atoms with E-state index in [4.69, 9.17) is 4.74 Å². The molecule has 2 fully saturated rings. The van der Waals surface area contributed by atoms with Crippen molar-refractivity contribution in [2.75, 3.05) is 13.1 Å². The van der Waals surface area contributed by atoms with Crippen molar-refractivity contribution in [3.8, 4) is 0 Å². The Morgan fingerprint density at radius 1 is 1.35 bits per heavy atom. The van der Waals surface area contributed by atoms with E-state index in [1.807, 2.05) is 20.8 Å². The Labute approximate surface area is 103 Å². The van der Waals surface area contributed by atoms with Gasteiger partial charge in [-0.1, -0.05) is 0 Å². The summed E-state index contributed by atoms with van der Waals surface area (Å²) in [6.07, 6.45) is 3.48. The molecular weight excluding hydrogens is 216 g/mol. The molecule has 1 saturated heterocycles. The molecule has 1 heterocycles. The van der Waals surface area contributed by atoms with Crippen LogP contribution in [0.15, 0.2) is 0 Å². The minimum Gasteiger partial charge on any atom is -0.444 e. The van der Waals surface area contributed by atoms with E-state index in [0.29, 0.717) is 12.0 Å². The summed E-state index contributed by atoms with van der Waals surface area (Å²) in [6.45, 7) is 7.51. The van der Waals surface area contributed by atoms with E-state index in [1.54, 1.807) is 0 Å². The van der Waals surface area contributed by atoms with Crippen LogP contribution in [-0.2, 0) is 4.74 Å². The summed E-state index contributed by atoms with van der Waals surface area (Å²) in [5, 5.41) is 6.44. The van der Waals surface area contributed by atoms with Gasteiger partial charge in [-0.05, 0) is 58.4 Å². The van der Waals surface area contributed by atoms with Crippen molar-refractivity contribution < 1.29 is 9.53 Å². The van der Waals surface area contributed by atoms with E-state index in [-0.39, 0.29) is 6.09 Å². The first-order chi connectivity index (χ1) is 7.96. The lowest BCUT2D eigenvalue weighted by atomic mass is 9.68. The van der Waals surface area contributed by atoms with Crippen LogP contribution in [0.3, 0.4) is 0 Å². The van der Waals surface area contributed by atoms with E-state index < -0.39 is 5.60 Å². The molecule has 1 aliphatic heterocycles. The Morgan fingerprint density at radius 3 is 2.71 bits per heavy atom. The van der Waals surface area contributed by atoms with Gasteiger partial charge < -0.3 is 15.4 Å². The number of hydrogen-bond donors (Lipinski definition) is 2. The maximum absolute atomic E-state index is 11.6. The number of ether oxygens (including phenoxy) is 1. The molecule has 17 heavy (non-hydrogen) atoms. The molecule has 0 radical (unpaired) electrons. The highest BCUT2D eigenvalue weighted by Gasteiger charge is 2.39. The van der Waals surface area contributed by atoms with Gasteiger partial charge in [-0.2, -0.15) is 0 Å². The number of amides is 1. The molecule has 1 saturated carbocycles. The molecule has 2 rings (SSSR count). The van der Waals surface area contributed by atoms with Crippen LogP contribution in [0.4, 0.5) is 4.79 Å². The van der Waals surface area contributed by atoms with Crippen molar-refractivity contribution >= 4 is 6.09 Å². The number of hydrogen-bond acceptors (Lipinski definition) is 3. The maximum Gasteiger partial charge on any atom is 0.407 e. The SMILES string of the molecule is CC(C)(C)OC(=O)NCC1CCNC2CCC12. The molecule has 2 aliphatic rings. The van der Waals surface area contributed by atoms with Crippen LogP contribution in [0.25, 0.3) is 0 Å². The largest absolute Gasteiger partial charge is 0.444 e. The predicted octanol–water partition coefficient (Wildman–Crippen LogP) is 1.90. The van der Waals surface area contributed by atoms with Crippen molar-refractivity contribution in [2.24, 2.45) is 11.8 Å². The number of piperidine rings is 1. The van der Waals surface area contributed by atoms with Crippen LogP contribution < -0.4 is 10.6 Å². The van der Waals surface area contributed by atoms with Crippen LogP contribution in [0.1, 0.15) is 40.0 Å². The monoisotopic (exact) mass is 240 g/mol. The summed E-state index contributed by atoms with van der Waals surface area (Å²) in [6, 6.07) is 0.703. The number of fused-ring (bicyclic) bond motifs is 1. The third-order valence-corrected chi connectivity index (χ3v) is 3.76. The third-order valence-electron chi connectivity index (χ3n) is 3.76. The minimum atomic E-state index is -0.406. The van der Waals surface area contributed by atoms with E-state index in [1.165, 1.54) is 12.8 Å². The van der Waals surface area contributed by atoms with Crippen LogP contribution in [0, 0.1) is 11.8 Å². The van der Waals surface area contributed by atoms with Crippen molar-refractivity contribution in [1.29, 1.82) is 0 Å². The van der Waals surface area contributed by atoms with Crippen LogP contribution in [-0.4, -0.2) is 30.8 Å². The summed E-state index contributed by atoms with van der Waals surface area (Å²) in [5.41, 5.74) is -0.406. The molecule has 4 heteroatoms. The average Bonchev–Trinajstić information content (AvgIpc) is 2.14. The molecule has 0 aromatic heterocycles. The number of rotatable bonds is 2. The second-order valence-electron chi connectivity index (χ2n) is 6.23. The maximum atomic E-state index is 11.6. The lowest BCUT2D eigenvalue weighted by molar-refractivity contribution is 0.0462. The fourth-order valence-corrected chi connectivity index (χ4v) is 2.79. The quantitative estimate of drug-likeness (QED) is 0.775. The predicted molar refractivity (Wildman–Crippen MR) is 66.9 cm³/mol. The molecule has 1 amide bonds. The van der Waals surface area contributed by atoms with Gasteiger partial charge in [0.25, 0.3) is 0 Å². The normalized spacial score (nSPS) is 32.3. The molecule has 0 bridgehead atoms. The van der Waals surface area contributed by atoms with E-state index in [2.05, 4.69) is 10.6 Å². The van der Waals surface area contributed by atoms with E-state index in [0.717, 1.165) is 25.4 Å². The topological polar surface area (TPSA) is 50.4 Å².